The fourth-order valence-corrected chi connectivity index (χ4v) is 16.7. The molecule has 11 amide bonds. The van der Waals surface area contributed by atoms with E-state index in [2.05, 4.69) is 53.9 Å². The largest absolute Gasteiger partial charge is 0.483 e. The molecule has 116 heavy (non-hydrogen) atoms. The lowest BCUT2D eigenvalue weighted by atomic mass is 9.98. The highest BCUT2D eigenvalue weighted by Gasteiger charge is 2.48. The number of amides is 11. The molecule has 6 N–H and O–H groups in total. The van der Waals surface area contributed by atoms with Crippen molar-refractivity contribution in [2.45, 2.75) is 136 Å². The maximum Gasteiger partial charge on any atom is 0.337 e. The van der Waals surface area contributed by atoms with Crippen molar-refractivity contribution in [1.29, 1.82) is 0 Å². The van der Waals surface area contributed by atoms with Gasteiger partial charge in [0.15, 0.2) is 24.9 Å². The number of carbonyl (C=O) groups excluding carboxylic acids is 13. The maximum absolute atomic E-state index is 13.9. The number of aryl methyl sites for hydroxylation is 4. The number of rotatable bonds is 25. The van der Waals surface area contributed by atoms with Crippen molar-refractivity contribution >= 4 is 140 Å². The Kier molecular flexibility index (Phi) is 25.8. The summed E-state index contributed by atoms with van der Waals surface area (Å²) in [6.07, 6.45) is 4.14. The molecule has 10 heterocycles. The number of carboxylic acids is 1. The van der Waals surface area contributed by atoms with Crippen LogP contribution in [0, 0.1) is 27.7 Å². The molecule has 0 aliphatic carbocycles. The van der Waals surface area contributed by atoms with Crippen LogP contribution in [0.25, 0.3) is 10.0 Å². The Morgan fingerprint density at radius 3 is 1.39 bits per heavy atom. The summed E-state index contributed by atoms with van der Waals surface area (Å²) >= 11 is 15.0. The van der Waals surface area contributed by atoms with Gasteiger partial charge >= 0.3 is 11.9 Å². The van der Waals surface area contributed by atoms with Crippen LogP contribution in [0.15, 0.2) is 94.9 Å². The highest BCUT2D eigenvalue weighted by atomic mass is 35.5. The number of hydrogen-bond acceptors (Lipinski definition) is 25. The third-order valence-corrected chi connectivity index (χ3v) is 22.2. The van der Waals surface area contributed by atoms with Crippen molar-refractivity contribution in [2.75, 3.05) is 40.0 Å². The van der Waals surface area contributed by atoms with Crippen LogP contribution in [0.3, 0.4) is 0 Å². The number of nitrogens with one attached hydrogen (secondary N) is 5. The molecule has 6 aliphatic rings. The van der Waals surface area contributed by atoms with E-state index in [-0.39, 0.29) is 109 Å². The Hall–Kier alpha value is -12.3. The van der Waals surface area contributed by atoms with Gasteiger partial charge in [0.2, 0.25) is 23.6 Å². The van der Waals surface area contributed by atoms with Crippen LogP contribution >= 0.6 is 45.9 Å². The van der Waals surface area contributed by atoms with Crippen LogP contribution in [0.5, 0.6) is 11.5 Å². The van der Waals surface area contributed by atoms with E-state index >= 15 is 0 Å². The number of imide groups is 4. The summed E-state index contributed by atoms with van der Waals surface area (Å²) in [6.45, 7) is 11.1. The summed E-state index contributed by atoms with van der Waals surface area (Å²) in [4.78, 5) is 188. The summed E-state index contributed by atoms with van der Waals surface area (Å²) in [5.41, 5.74) is 4.24. The van der Waals surface area contributed by atoms with Gasteiger partial charge in [0, 0.05) is 75.4 Å². The quantitative estimate of drug-likeness (QED) is 0.0179. The second-order valence-electron chi connectivity index (χ2n) is 27.5. The molecule has 8 aromatic rings. The molecule has 37 heteroatoms. The lowest BCUT2D eigenvalue weighted by Crippen LogP contribution is -2.54. The summed E-state index contributed by atoms with van der Waals surface area (Å²) in [6, 6.07) is 19.6. The number of benzene rings is 4. The molecule has 0 spiro atoms. The zero-order valence-electron chi connectivity index (χ0n) is 63.6. The van der Waals surface area contributed by atoms with Gasteiger partial charge in [0.25, 0.3) is 41.4 Å². The van der Waals surface area contributed by atoms with E-state index in [4.69, 9.17) is 47.4 Å². The van der Waals surface area contributed by atoms with Crippen molar-refractivity contribution in [2.24, 2.45) is 9.98 Å². The molecule has 33 nitrogen and oxygen atoms in total. The topological polar surface area (TPSA) is 440 Å². The number of esters is 1. The molecule has 2 fully saturated rings. The van der Waals surface area contributed by atoms with E-state index in [0.29, 0.717) is 108 Å². The minimum absolute atomic E-state index is 0.0102. The van der Waals surface area contributed by atoms with Gasteiger partial charge in [-0.3, -0.25) is 102 Å². The van der Waals surface area contributed by atoms with Crippen molar-refractivity contribution in [1.82, 2.24) is 65.9 Å². The molecule has 4 atom stereocenters. The molecular formula is C79H77Cl2N15O18S2. The molecule has 2 unspecified atom stereocenters. The molecular weight excluding hydrogens is 1580 g/mol. The molecule has 0 bridgehead atoms. The van der Waals surface area contributed by atoms with Gasteiger partial charge in [-0.05, 0) is 115 Å². The lowest BCUT2D eigenvalue weighted by Gasteiger charge is -2.27. The SMILES string of the molecule is CC(=O)C[C@H]1N=C(c2ccc(Cl)cc2)c2c(sc(C)c2C(=O)O)-n2c(C)nnc21.CCCCCNC(=O)COc1cccc2c1C(=O)N(C1CCC(=O)NC1=O)C2=O.COC(=O)C[C@@H]1N=C(c2ccc(Cl)cc2)c2c(sc(C)c2C(=O)NCCCCNC(=O)COc2cccc3c2C(=O)N(C2CCC(=O)NC2=O)C3=O)-n2c(C)nnc21. The Morgan fingerprint density at radius 2 is 0.966 bits per heavy atom. The molecule has 14 rings (SSSR count). The van der Waals surface area contributed by atoms with E-state index in [1.54, 1.807) is 75.4 Å². The van der Waals surface area contributed by atoms with Gasteiger partial charge in [-0.2, -0.15) is 0 Å². The Morgan fingerprint density at radius 1 is 0.543 bits per heavy atom. The molecule has 0 radical (unpaired) electrons. The number of fused-ring (bicyclic) bond motifs is 8. The van der Waals surface area contributed by atoms with Crippen LogP contribution in [-0.2, 0) is 43.1 Å². The lowest BCUT2D eigenvalue weighted by molar-refractivity contribution is -0.141. The average Bonchev–Trinajstić information content (AvgIpc) is 1.59. The van der Waals surface area contributed by atoms with E-state index in [0.717, 1.165) is 39.5 Å². The second kappa shape index (κ2) is 36.0. The molecule has 6 aliphatic heterocycles. The summed E-state index contributed by atoms with van der Waals surface area (Å²) in [5.74, 6) is -5.41. The van der Waals surface area contributed by atoms with Crippen molar-refractivity contribution in [3.05, 3.63) is 184 Å². The highest BCUT2D eigenvalue weighted by molar-refractivity contribution is 7.15. The van der Waals surface area contributed by atoms with Crippen molar-refractivity contribution in [3.8, 4) is 21.5 Å². The molecule has 2 saturated heterocycles. The number of piperidine rings is 2. The first-order valence-corrected chi connectivity index (χ1v) is 39.3. The average molecular weight is 1660 g/mol. The first-order valence-electron chi connectivity index (χ1n) is 36.9. The number of carbonyl (C=O) groups is 14. The standard InChI is InChI=1S/C39H37ClN8O9S.C20H17ClN4O3S.C20H23N3O6/c1-19-30(32-33(21-9-11-22(40)12-10-21)43-24(17-29(51)56-3)34-46-45-20(2)47(34)39(32)58-19)36(53)42-16-5-4-15-41-28(50)18-57-26-8-6-7-23-31(26)38(55)48(37(23)54)25-13-14-27(49)44-35(25)52;1-9(26)8-14-18-24-23-11(3)25(18)19-16(15(20(27)28)10(2)29-19)17(22-14)12-4-6-13(21)7-5-12;1-2-3-4-10-21-16(25)11-29-14-7-5-6-12-17(14)20(28)23(19(12)27)13-8-9-15(24)22-18(13)26/h6-12,24-25H,4-5,13-18H2,1-3H3,(H,41,50)(H,42,53)(H,44,49,52);4-7,14H,8H2,1-3H3,(H,27,28);5-7,13H,2-4,8-11H2,1H3,(H,21,25)(H,22,24,26)/t24-,25?;14-;/m01./s1. The van der Waals surface area contributed by atoms with Crippen LogP contribution in [-0.4, -0.2) is 191 Å². The van der Waals surface area contributed by atoms with Gasteiger partial charge in [0.05, 0.1) is 63.9 Å². The van der Waals surface area contributed by atoms with Crippen LogP contribution in [0.4, 0.5) is 0 Å². The summed E-state index contributed by atoms with van der Waals surface area (Å²) in [7, 11) is 1.30. The van der Waals surface area contributed by atoms with Crippen molar-refractivity contribution in [3.63, 3.8) is 0 Å². The summed E-state index contributed by atoms with van der Waals surface area (Å²) in [5, 5.41) is 42.2. The first kappa shape index (κ1) is 83.1. The Bertz CT molecular complexity index is 5430. The molecule has 4 aromatic carbocycles. The van der Waals surface area contributed by atoms with Gasteiger partial charge in [-0.25, -0.2) is 4.79 Å². The van der Waals surface area contributed by atoms with Gasteiger partial charge in [0.1, 0.15) is 63.1 Å². The normalized spacial score (nSPS) is 17.0. The predicted molar refractivity (Wildman–Crippen MR) is 420 cm³/mol. The number of aromatic nitrogens is 6. The second-order valence-corrected chi connectivity index (χ2v) is 30.8. The third kappa shape index (κ3) is 17.5. The number of nitrogens with zero attached hydrogens (tertiary/aromatic N) is 10. The number of halogens is 2. The Labute approximate surface area is 679 Å². The van der Waals surface area contributed by atoms with E-state index < -0.39 is 95.9 Å². The van der Waals surface area contributed by atoms with Gasteiger partial charge in [-0.1, -0.05) is 79.4 Å². The number of hydrogen-bond donors (Lipinski definition) is 6. The van der Waals surface area contributed by atoms with Crippen molar-refractivity contribution < 1.29 is 86.4 Å². The number of unbranched alkanes of at least 4 members (excludes halogenated alkanes) is 3. The fraction of sp³-hybridized carbons (Fsp3) is 0.342. The maximum atomic E-state index is 13.9. The fourth-order valence-electron chi connectivity index (χ4n) is 14.0. The number of ketones is 1. The van der Waals surface area contributed by atoms with Crippen LogP contribution in [0.1, 0.15) is 214 Å². The van der Waals surface area contributed by atoms with Crippen LogP contribution < -0.4 is 36.1 Å². The smallest absolute Gasteiger partial charge is 0.337 e. The molecule has 0 saturated carbocycles. The third-order valence-electron chi connectivity index (χ3n) is 19.5. The van der Waals surface area contributed by atoms with E-state index in [1.165, 1.54) is 67.0 Å². The number of aliphatic imine (C=N–C) groups is 2. The number of methoxy groups -OCH3 is 1. The highest BCUT2D eigenvalue weighted by Crippen LogP contribution is 2.43. The monoisotopic (exact) mass is 1660 g/mol. The first-order chi connectivity index (χ1) is 55.6. The van der Waals surface area contributed by atoms with Gasteiger partial charge in [-0.15, -0.1) is 43.1 Å². The van der Waals surface area contributed by atoms with Gasteiger partial charge < -0.3 is 35.3 Å². The van der Waals surface area contributed by atoms with E-state index in [9.17, 15) is 72.2 Å². The van der Waals surface area contributed by atoms with E-state index in [1.807, 2.05) is 16.1 Å². The Balaban J connectivity index is 0.000000179. The number of carboxylic acid groups (broad SMARTS) is 1. The molecule has 602 valence electrons. The number of Topliss-reactive ketones (excluding diaryl/α,β-unsaturated/α-hetero) is 1. The predicted octanol–water partition coefficient (Wildman–Crippen LogP) is 8.10. The zero-order valence-corrected chi connectivity index (χ0v) is 66.8. The minimum Gasteiger partial charge on any atom is -0.483 e. The summed E-state index contributed by atoms with van der Waals surface area (Å²) < 4.78 is 19.8. The van der Waals surface area contributed by atoms with Crippen LogP contribution in [0.2, 0.25) is 10.0 Å². The number of thiophene rings is 2. The number of ether oxygens (including phenoxy) is 3. The minimum atomic E-state index is -1.13. The molecule has 4 aromatic heterocycles. The number of aromatic carboxylic acids is 1. The zero-order chi connectivity index (χ0) is 83.1.